The molecular formula is C19H19BrN2O2. The highest BCUT2D eigenvalue weighted by Crippen LogP contribution is 2.35. The van der Waals surface area contributed by atoms with Crippen LogP contribution < -0.4 is 10.2 Å². The number of hydrazine groups is 1. The number of carbonyl (C=O) groups is 1. The normalized spacial score (nSPS) is 16.5. The Bertz CT molecular complexity index is 771. The summed E-state index contributed by atoms with van der Waals surface area (Å²) in [4.78, 5) is 12.4. The molecule has 3 rings (SSSR count). The van der Waals surface area contributed by atoms with Crippen LogP contribution in [0.2, 0.25) is 0 Å². The first-order valence-electron chi connectivity index (χ1n) is 7.83. The van der Waals surface area contributed by atoms with Gasteiger partial charge in [-0.05, 0) is 35.9 Å². The van der Waals surface area contributed by atoms with Crippen LogP contribution in [0.15, 0.2) is 59.1 Å². The van der Waals surface area contributed by atoms with Gasteiger partial charge in [-0.1, -0.05) is 47.1 Å². The van der Waals surface area contributed by atoms with Gasteiger partial charge in [-0.15, -0.1) is 0 Å². The minimum atomic E-state index is -0.148. The summed E-state index contributed by atoms with van der Waals surface area (Å²) in [6.45, 7) is 1.86. The Balaban J connectivity index is 2.01. The Morgan fingerprint density at radius 2 is 1.92 bits per heavy atom. The molecule has 5 heteroatoms. The fourth-order valence-electron chi connectivity index (χ4n) is 2.78. The molecule has 1 unspecified atom stereocenters. The molecular weight excluding hydrogens is 368 g/mol. The molecule has 2 aromatic carbocycles. The van der Waals surface area contributed by atoms with Crippen LogP contribution in [0.3, 0.4) is 0 Å². The second-order valence-electron chi connectivity index (χ2n) is 5.51. The van der Waals surface area contributed by atoms with Crippen LogP contribution in [0.4, 0.5) is 0 Å². The van der Waals surface area contributed by atoms with Crippen LogP contribution >= 0.6 is 15.9 Å². The summed E-state index contributed by atoms with van der Waals surface area (Å²) in [5.41, 5.74) is 6.12. The number of rotatable bonds is 4. The molecule has 1 N–H and O–H groups in total. The van der Waals surface area contributed by atoms with Gasteiger partial charge in [-0.25, -0.2) is 5.01 Å². The maximum atomic E-state index is 12.4. The minimum absolute atomic E-state index is 0.0454. The summed E-state index contributed by atoms with van der Waals surface area (Å²) < 4.78 is 6.46. The average molecular weight is 387 g/mol. The first kappa shape index (κ1) is 16.6. The predicted octanol–water partition coefficient (Wildman–Crippen LogP) is 4.30. The molecule has 1 aliphatic heterocycles. The van der Waals surface area contributed by atoms with E-state index in [9.17, 15) is 4.79 Å². The summed E-state index contributed by atoms with van der Waals surface area (Å²) in [6, 6.07) is 15.6. The van der Waals surface area contributed by atoms with Crippen LogP contribution in [0.5, 0.6) is 5.75 Å². The average Bonchev–Trinajstić information content (AvgIpc) is 3.06. The van der Waals surface area contributed by atoms with Gasteiger partial charge in [-0.2, -0.15) is 0 Å². The molecule has 0 saturated heterocycles. The van der Waals surface area contributed by atoms with Gasteiger partial charge in [0.1, 0.15) is 5.75 Å². The van der Waals surface area contributed by atoms with Crippen LogP contribution in [0.25, 0.3) is 5.70 Å². The van der Waals surface area contributed by atoms with E-state index >= 15 is 0 Å². The lowest BCUT2D eigenvalue weighted by molar-refractivity contribution is -0.134. The van der Waals surface area contributed by atoms with Crippen molar-refractivity contribution < 1.29 is 9.53 Å². The van der Waals surface area contributed by atoms with Crippen LogP contribution in [-0.2, 0) is 4.79 Å². The number of carbonyl (C=O) groups excluding carboxylic acids is 1. The number of nitrogens with zero attached hydrogens (tertiary/aromatic N) is 1. The van der Waals surface area contributed by atoms with Gasteiger partial charge in [0, 0.05) is 16.5 Å². The van der Waals surface area contributed by atoms with Crippen molar-refractivity contribution in [2.75, 3.05) is 7.11 Å². The maximum Gasteiger partial charge on any atom is 0.241 e. The number of methoxy groups -OCH3 is 1. The maximum absolute atomic E-state index is 12.4. The fourth-order valence-corrected chi connectivity index (χ4v) is 3.04. The third-order valence-electron chi connectivity index (χ3n) is 4.02. The molecule has 1 atom stereocenters. The molecule has 0 bridgehead atoms. The summed E-state index contributed by atoms with van der Waals surface area (Å²) in [6.07, 6.45) is 2.50. The summed E-state index contributed by atoms with van der Waals surface area (Å²) in [7, 11) is 1.65. The first-order chi connectivity index (χ1) is 11.6. The Labute approximate surface area is 150 Å². The second-order valence-corrected chi connectivity index (χ2v) is 6.42. The molecule has 24 heavy (non-hydrogen) atoms. The van der Waals surface area contributed by atoms with Crippen LogP contribution in [0, 0.1) is 0 Å². The number of benzene rings is 2. The number of ether oxygens (including phenoxy) is 1. The van der Waals surface area contributed by atoms with E-state index in [0.717, 1.165) is 27.0 Å². The van der Waals surface area contributed by atoms with E-state index < -0.39 is 0 Å². The number of hydrogen-bond donors (Lipinski definition) is 1. The van der Waals surface area contributed by atoms with E-state index in [-0.39, 0.29) is 11.9 Å². The van der Waals surface area contributed by atoms with E-state index in [4.69, 9.17) is 4.74 Å². The number of amides is 1. The summed E-state index contributed by atoms with van der Waals surface area (Å²) in [5, 5.41) is 1.69. The van der Waals surface area contributed by atoms with Crippen molar-refractivity contribution in [3.63, 3.8) is 0 Å². The van der Waals surface area contributed by atoms with Crippen molar-refractivity contribution in [2.45, 2.75) is 19.4 Å². The number of para-hydroxylation sites is 1. The predicted molar refractivity (Wildman–Crippen MR) is 98.1 cm³/mol. The number of nitrogens with one attached hydrogen (secondary N) is 1. The zero-order chi connectivity index (χ0) is 17.1. The Kier molecular flexibility index (Phi) is 4.90. The third-order valence-corrected chi connectivity index (χ3v) is 4.55. The molecule has 4 nitrogen and oxygen atoms in total. The van der Waals surface area contributed by atoms with Crippen molar-refractivity contribution in [1.82, 2.24) is 10.4 Å². The van der Waals surface area contributed by atoms with Crippen molar-refractivity contribution in [3.8, 4) is 5.75 Å². The molecule has 0 spiro atoms. The van der Waals surface area contributed by atoms with Gasteiger partial charge >= 0.3 is 0 Å². The largest absolute Gasteiger partial charge is 0.496 e. The smallest absolute Gasteiger partial charge is 0.241 e. The van der Waals surface area contributed by atoms with Gasteiger partial charge in [0.25, 0.3) is 0 Å². The van der Waals surface area contributed by atoms with Crippen LogP contribution in [-0.4, -0.2) is 18.0 Å². The summed E-state index contributed by atoms with van der Waals surface area (Å²) >= 11 is 3.45. The quantitative estimate of drug-likeness (QED) is 0.851. The van der Waals surface area contributed by atoms with E-state index in [2.05, 4.69) is 27.4 Å². The standard InChI is InChI=1S/C19H19BrN2O2/c1-3-19(23)22-17(13-8-10-14(20)11-9-13)12-16(21-22)15-6-4-5-7-18(15)24-2/h4-12,17,21H,3H2,1-2H3. The van der Waals surface area contributed by atoms with E-state index in [1.807, 2.05) is 55.5 Å². The molecule has 0 radical (unpaired) electrons. The molecule has 0 fully saturated rings. The topological polar surface area (TPSA) is 41.6 Å². The van der Waals surface area contributed by atoms with Gasteiger partial charge in [-0.3, -0.25) is 10.2 Å². The zero-order valence-corrected chi connectivity index (χ0v) is 15.2. The SMILES string of the molecule is CCC(=O)N1NC(c2ccccc2OC)=CC1c1ccc(Br)cc1. The van der Waals surface area contributed by atoms with Crippen LogP contribution in [0.1, 0.15) is 30.5 Å². The lowest BCUT2D eigenvalue weighted by Crippen LogP contribution is -2.39. The first-order valence-corrected chi connectivity index (χ1v) is 8.62. The molecule has 0 aliphatic carbocycles. The lowest BCUT2D eigenvalue weighted by Gasteiger charge is -2.25. The molecule has 2 aromatic rings. The van der Waals surface area contributed by atoms with Gasteiger partial charge in [0.15, 0.2) is 0 Å². The van der Waals surface area contributed by atoms with Gasteiger partial charge < -0.3 is 4.74 Å². The molecule has 124 valence electrons. The summed E-state index contributed by atoms with van der Waals surface area (Å²) in [5.74, 6) is 0.820. The molecule has 0 aromatic heterocycles. The number of hydrogen-bond acceptors (Lipinski definition) is 3. The molecule has 0 saturated carbocycles. The van der Waals surface area contributed by atoms with E-state index in [0.29, 0.717) is 6.42 Å². The fraction of sp³-hybridized carbons (Fsp3) is 0.211. The molecule has 1 heterocycles. The van der Waals surface area contributed by atoms with Gasteiger partial charge in [0.2, 0.25) is 5.91 Å². The second kappa shape index (κ2) is 7.09. The Morgan fingerprint density at radius 1 is 1.21 bits per heavy atom. The Hall–Kier alpha value is -2.27. The van der Waals surface area contributed by atoms with E-state index in [1.165, 1.54) is 0 Å². The minimum Gasteiger partial charge on any atom is -0.496 e. The highest BCUT2D eigenvalue weighted by Gasteiger charge is 2.30. The van der Waals surface area contributed by atoms with Crippen molar-refractivity contribution in [2.24, 2.45) is 0 Å². The third kappa shape index (κ3) is 3.17. The number of halogens is 1. The van der Waals surface area contributed by atoms with Crippen molar-refractivity contribution in [3.05, 3.63) is 70.2 Å². The lowest BCUT2D eigenvalue weighted by atomic mass is 10.0. The van der Waals surface area contributed by atoms with E-state index in [1.54, 1.807) is 12.1 Å². The molecule has 1 aliphatic rings. The monoisotopic (exact) mass is 386 g/mol. The highest BCUT2D eigenvalue weighted by atomic mass is 79.9. The van der Waals surface area contributed by atoms with Crippen molar-refractivity contribution in [1.29, 1.82) is 0 Å². The highest BCUT2D eigenvalue weighted by molar-refractivity contribution is 9.10. The van der Waals surface area contributed by atoms with Gasteiger partial charge in [0.05, 0.1) is 18.8 Å². The molecule has 1 amide bonds. The van der Waals surface area contributed by atoms with Crippen molar-refractivity contribution >= 4 is 27.5 Å². The Morgan fingerprint density at radius 3 is 2.58 bits per heavy atom. The zero-order valence-electron chi connectivity index (χ0n) is 13.6.